The molecule has 3 aliphatic rings. The van der Waals surface area contributed by atoms with E-state index in [4.69, 9.17) is 16.2 Å². The summed E-state index contributed by atoms with van der Waals surface area (Å²) in [5.41, 5.74) is 11.0. The predicted octanol–water partition coefficient (Wildman–Crippen LogP) is 0.397. The van der Waals surface area contributed by atoms with E-state index < -0.39 is 11.1 Å². The highest BCUT2D eigenvalue weighted by Crippen LogP contribution is 2.43. The standard InChI is InChI=1S/C9H16N2O2.2ClH/c1-13-7-5-8(10)2-3-9(7,11)4-6(8)12;;/h7H,2-5,10-11H2,1H3;2*1H. The van der Waals surface area contributed by atoms with Crippen molar-refractivity contribution in [3.63, 3.8) is 0 Å². The number of carbonyl (C=O) groups excluding carboxylic acids is 1. The number of ketones is 1. The first-order chi connectivity index (χ1) is 6.00. The number of halogens is 2. The SMILES string of the molecule is COC1CC2(N)CCC1(N)CC2=O.Cl.Cl. The number of carbonyl (C=O) groups is 1. The third-order valence-electron chi connectivity index (χ3n) is 3.56. The van der Waals surface area contributed by atoms with Crippen molar-refractivity contribution in [2.24, 2.45) is 11.5 Å². The molecule has 0 aromatic rings. The molecule has 3 unspecified atom stereocenters. The van der Waals surface area contributed by atoms with Crippen molar-refractivity contribution >= 4 is 30.6 Å². The number of hydrogen-bond donors (Lipinski definition) is 2. The molecule has 3 saturated carbocycles. The van der Waals surface area contributed by atoms with Crippen molar-refractivity contribution < 1.29 is 9.53 Å². The van der Waals surface area contributed by atoms with Crippen LogP contribution in [0.15, 0.2) is 0 Å². The molecule has 4 N–H and O–H groups in total. The fourth-order valence-electron chi connectivity index (χ4n) is 2.50. The summed E-state index contributed by atoms with van der Waals surface area (Å²) in [7, 11) is 1.63. The van der Waals surface area contributed by atoms with Gasteiger partial charge in [-0.2, -0.15) is 0 Å². The summed E-state index contributed by atoms with van der Waals surface area (Å²) >= 11 is 0. The Morgan fingerprint density at radius 2 is 1.93 bits per heavy atom. The predicted molar refractivity (Wildman–Crippen MR) is 62.6 cm³/mol. The van der Waals surface area contributed by atoms with Gasteiger partial charge in [0.1, 0.15) is 0 Å². The Labute approximate surface area is 102 Å². The van der Waals surface area contributed by atoms with Gasteiger partial charge in [-0.3, -0.25) is 4.79 Å². The lowest BCUT2D eigenvalue weighted by atomic mass is 9.60. The number of rotatable bonds is 1. The third-order valence-corrected chi connectivity index (χ3v) is 3.56. The van der Waals surface area contributed by atoms with Gasteiger partial charge in [-0.25, -0.2) is 0 Å². The highest BCUT2D eigenvalue weighted by atomic mass is 35.5. The van der Waals surface area contributed by atoms with Crippen LogP contribution in [0.4, 0.5) is 0 Å². The fraction of sp³-hybridized carbons (Fsp3) is 0.889. The smallest absolute Gasteiger partial charge is 0.154 e. The molecular weight excluding hydrogens is 239 g/mol. The molecule has 3 aliphatic carbocycles. The maximum absolute atomic E-state index is 11.6. The van der Waals surface area contributed by atoms with Crippen LogP contribution in [-0.4, -0.2) is 30.1 Å². The van der Waals surface area contributed by atoms with E-state index in [2.05, 4.69) is 0 Å². The Balaban J connectivity index is 0.000000980. The van der Waals surface area contributed by atoms with Gasteiger partial charge in [0.2, 0.25) is 0 Å². The van der Waals surface area contributed by atoms with Crippen LogP contribution >= 0.6 is 24.8 Å². The largest absolute Gasteiger partial charge is 0.379 e. The summed E-state index contributed by atoms with van der Waals surface area (Å²) in [6, 6.07) is 0. The lowest BCUT2D eigenvalue weighted by Gasteiger charge is -2.52. The van der Waals surface area contributed by atoms with Crippen LogP contribution in [0.5, 0.6) is 0 Å². The quantitative estimate of drug-likeness (QED) is 0.712. The second-order valence-corrected chi connectivity index (χ2v) is 4.42. The van der Waals surface area contributed by atoms with Crippen LogP contribution in [0, 0.1) is 0 Å². The molecule has 6 heteroatoms. The number of Topliss-reactive ketones (excluding diaryl/α,β-unsaturated/α-hetero) is 1. The lowest BCUT2D eigenvalue weighted by molar-refractivity contribution is -0.141. The Morgan fingerprint density at radius 3 is 2.40 bits per heavy atom. The Kier molecular flexibility index (Phi) is 4.59. The Morgan fingerprint density at radius 1 is 1.33 bits per heavy atom. The molecule has 3 atom stereocenters. The maximum atomic E-state index is 11.6. The number of fused-ring (bicyclic) bond motifs is 3. The minimum atomic E-state index is -0.651. The molecule has 0 saturated heterocycles. The van der Waals surface area contributed by atoms with Crippen molar-refractivity contribution in [2.45, 2.75) is 42.9 Å². The van der Waals surface area contributed by atoms with E-state index in [1.165, 1.54) is 0 Å². The van der Waals surface area contributed by atoms with Gasteiger partial charge in [-0.15, -0.1) is 24.8 Å². The van der Waals surface area contributed by atoms with E-state index in [-0.39, 0.29) is 36.7 Å². The van der Waals surface area contributed by atoms with Gasteiger partial charge in [0, 0.05) is 25.5 Å². The number of nitrogens with two attached hydrogens (primary N) is 2. The van der Waals surface area contributed by atoms with Crippen LogP contribution in [0.1, 0.15) is 25.7 Å². The monoisotopic (exact) mass is 256 g/mol. The molecule has 0 spiro atoms. The number of hydrogen-bond acceptors (Lipinski definition) is 4. The highest BCUT2D eigenvalue weighted by molar-refractivity contribution is 5.91. The van der Waals surface area contributed by atoms with Crippen LogP contribution in [0.2, 0.25) is 0 Å². The van der Waals surface area contributed by atoms with Crippen LogP contribution in [0.25, 0.3) is 0 Å². The van der Waals surface area contributed by atoms with Crippen molar-refractivity contribution in [2.75, 3.05) is 7.11 Å². The summed E-state index contributed by atoms with van der Waals surface area (Å²) < 4.78 is 5.28. The topological polar surface area (TPSA) is 78.3 Å². The second-order valence-electron chi connectivity index (χ2n) is 4.42. The molecule has 90 valence electrons. The molecule has 0 aliphatic heterocycles. The first-order valence-electron chi connectivity index (χ1n) is 4.64. The maximum Gasteiger partial charge on any atom is 0.154 e. The van der Waals surface area contributed by atoms with Gasteiger partial charge in [0.15, 0.2) is 5.78 Å². The summed E-state index contributed by atoms with van der Waals surface area (Å²) in [4.78, 5) is 11.6. The van der Waals surface area contributed by atoms with Gasteiger partial charge < -0.3 is 16.2 Å². The van der Waals surface area contributed by atoms with Crippen molar-refractivity contribution in [3.05, 3.63) is 0 Å². The van der Waals surface area contributed by atoms with E-state index in [1.54, 1.807) is 7.11 Å². The summed E-state index contributed by atoms with van der Waals surface area (Å²) in [5.74, 6) is 0.106. The van der Waals surface area contributed by atoms with Gasteiger partial charge in [0.05, 0.1) is 11.6 Å². The van der Waals surface area contributed by atoms with Gasteiger partial charge in [0.25, 0.3) is 0 Å². The summed E-state index contributed by atoms with van der Waals surface area (Å²) in [6.07, 6.45) is 2.42. The first-order valence-corrected chi connectivity index (χ1v) is 4.64. The van der Waals surface area contributed by atoms with Crippen LogP contribution < -0.4 is 11.5 Å². The van der Waals surface area contributed by atoms with Gasteiger partial charge in [-0.05, 0) is 12.8 Å². The zero-order valence-electron chi connectivity index (χ0n) is 8.69. The molecule has 0 radical (unpaired) electrons. The molecule has 0 aromatic carbocycles. The fourth-order valence-corrected chi connectivity index (χ4v) is 2.50. The molecule has 4 nitrogen and oxygen atoms in total. The van der Waals surface area contributed by atoms with E-state index in [9.17, 15) is 4.79 Å². The van der Waals surface area contributed by atoms with E-state index in [0.29, 0.717) is 19.3 Å². The second kappa shape index (κ2) is 4.55. The molecule has 0 amide bonds. The van der Waals surface area contributed by atoms with Gasteiger partial charge in [-0.1, -0.05) is 0 Å². The van der Waals surface area contributed by atoms with Crippen LogP contribution in [0.3, 0.4) is 0 Å². The Hall–Kier alpha value is 0.130. The molecule has 2 bridgehead atoms. The van der Waals surface area contributed by atoms with Crippen LogP contribution in [-0.2, 0) is 9.53 Å². The summed E-state index contributed by atoms with van der Waals surface area (Å²) in [6.45, 7) is 0. The van der Waals surface area contributed by atoms with Crippen molar-refractivity contribution in [3.8, 4) is 0 Å². The van der Waals surface area contributed by atoms with Gasteiger partial charge >= 0.3 is 0 Å². The Bertz CT molecular complexity index is 264. The summed E-state index contributed by atoms with van der Waals surface area (Å²) in [5, 5.41) is 0. The molecular formula is C9H18Cl2N2O2. The van der Waals surface area contributed by atoms with E-state index in [0.717, 1.165) is 6.42 Å². The molecule has 0 aromatic heterocycles. The third kappa shape index (κ3) is 2.15. The van der Waals surface area contributed by atoms with E-state index >= 15 is 0 Å². The van der Waals surface area contributed by atoms with Crippen molar-refractivity contribution in [1.29, 1.82) is 0 Å². The molecule has 0 heterocycles. The van der Waals surface area contributed by atoms with E-state index in [1.807, 2.05) is 0 Å². The minimum Gasteiger partial charge on any atom is -0.379 e. The molecule has 3 fully saturated rings. The number of ether oxygens (including phenoxy) is 1. The average Bonchev–Trinajstić information content (AvgIpc) is 2.08. The first kappa shape index (κ1) is 15.1. The molecule has 15 heavy (non-hydrogen) atoms. The zero-order chi connectivity index (χ0) is 9.69. The highest BCUT2D eigenvalue weighted by Gasteiger charge is 2.56. The molecule has 3 rings (SSSR count). The average molecular weight is 257 g/mol. The lowest BCUT2D eigenvalue weighted by Crippen LogP contribution is -2.71. The normalized spacial score (nSPS) is 43.1. The minimum absolute atomic E-state index is 0. The number of methoxy groups -OCH3 is 1. The van der Waals surface area contributed by atoms with Crippen molar-refractivity contribution in [1.82, 2.24) is 0 Å². The zero-order valence-corrected chi connectivity index (χ0v) is 10.3.